The van der Waals surface area contributed by atoms with Crippen molar-refractivity contribution in [2.75, 3.05) is 0 Å². The van der Waals surface area contributed by atoms with E-state index in [1.54, 1.807) is 0 Å². The van der Waals surface area contributed by atoms with Gasteiger partial charge >= 0.3 is 5.97 Å². The molecule has 0 aromatic carbocycles. The van der Waals surface area contributed by atoms with Crippen LogP contribution < -0.4 is 0 Å². The van der Waals surface area contributed by atoms with Gasteiger partial charge in [-0.25, -0.2) is 4.79 Å². The van der Waals surface area contributed by atoms with Crippen molar-refractivity contribution in [3.05, 3.63) is 23.3 Å². The van der Waals surface area contributed by atoms with Crippen molar-refractivity contribution < 1.29 is 15.0 Å². The fourth-order valence-corrected chi connectivity index (χ4v) is 3.36. The smallest absolute Gasteiger partial charge is 0.331 e. The zero-order valence-electron chi connectivity index (χ0n) is 11.4. The minimum Gasteiger partial charge on any atom is -0.478 e. The van der Waals surface area contributed by atoms with Crippen molar-refractivity contribution >= 4 is 5.97 Å². The van der Waals surface area contributed by atoms with E-state index in [0.717, 1.165) is 24.8 Å². The van der Waals surface area contributed by atoms with E-state index < -0.39 is 11.6 Å². The van der Waals surface area contributed by atoms with Crippen molar-refractivity contribution in [3.63, 3.8) is 0 Å². The van der Waals surface area contributed by atoms with Gasteiger partial charge in [0, 0.05) is 5.57 Å². The standard InChI is InChI=1S/C15H22O3/c1-14(2,18)11-7-9-15(3)8-6-10(13(16)17)4-5-12(11)15/h6-7,12,18H,4-5,8-9H2,1-3H3,(H,16,17)/t12-,15-/m0/s1. The summed E-state index contributed by atoms with van der Waals surface area (Å²) >= 11 is 0. The fourth-order valence-electron chi connectivity index (χ4n) is 3.36. The summed E-state index contributed by atoms with van der Waals surface area (Å²) in [4.78, 5) is 11.1. The largest absolute Gasteiger partial charge is 0.478 e. The Balaban J connectivity index is 2.25. The lowest BCUT2D eigenvalue weighted by Gasteiger charge is -2.35. The van der Waals surface area contributed by atoms with E-state index in [2.05, 4.69) is 13.0 Å². The Labute approximate surface area is 108 Å². The van der Waals surface area contributed by atoms with Gasteiger partial charge in [-0.1, -0.05) is 19.1 Å². The lowest BCUT2D eigenvalue weighted by atomic mass is 9.71. The average molecular weight is 250 g/mol. The van der Waals surface area contributed by atoms with Crippen molar-refractivity contribution in [3.8, 4) is 0 Å². The number of aliphatic hydroxyl groups is 1. The molecule has 0 saturated carbocycles. The Kier molecular flexibility index (Phi) is 3.14. The normalized spacial score (nSPS) is 32.3. The van der Waals surface area contributed by atoms with Gasteiger partial charge in [-0.15, -0.1) is 0 Å². The Morgan fingerprint density at radius 2 is 2.00 bits per heavy atom. The molecule has 0 radical (unpaired) electrons. The Morgan fingerprint density at radius 3 is 2.56 bits per heavy atom. The highest BCUT2D eigenvalue weighted by atomic mass is 16.4. The summed E-state index contributed by atoms with van der Waals surface area (Å²) < 4.78 is 0. The molecule has 2 rings (SSSR count). The summed E-state index contributed by atoms with van der Waals surface area (Å²) in [6.07, 6.45) is 7.18. The molecule has 0 heterocycles. The molecular formula is C15H22O3. The number of carboxylic acid groups (broad SMARTS) is 1. The SMILES string of the molecule is CC(C)(O)C1=CC[C@]2(C)CC=C(C(=O)O)CC[C@@H]12. The summed E-state index contributed by atoms with van der Waals surface area (Å²) in [6.45, 7) is 5.84. The molecule has 0 aliphatic heterocycles. The zero-order chi connectivity index (χ0) is 13.6. The summed E-state index contributed by atoms with van der Waals surface area (Å²) in [6, 6.07) is 0. The molecule has 0 saturated heterocycles. The van der Waals surface area contributed by atoms with E-state index in [9.17, 15) is 9.90 Å². The van der Waals surface area contributed by atoms with Gasteiger partial charge in [-0.05, 0) is 56.4 Å². The van der Waals surface area contributed by atoms with Gasteiger partial charge in [0.15, 0.2) is 0 Å². The van der Waals surface area contributed by atoms with E-state index in [-0.39, 0.29) is 5.41 Å². The van der Waals surface area contributed by atoms with Crippen LogP contribution in [-0.4, -0.2) is 21.8 Å². The first-order chi connectivity index (χ1) is 8.24. The summed E-state index contributed by atoms with van der Waals surface area (Å²) in [5.74, 6) is -0.502. The second-order valence-corrected chi connectivity index (χ2v) is 6.41. The van der Waals surface area contributed by atoms with Gasteiger partial charge < -0.3 is 10.2 Å². The maximum atomic E-state index is 11.1. The van der Waals surface area contributed by atoms with Gasteiger partial charge in [-0.2, -0.15) is 0 Å². The van der Waals surface area contributed by atoms with E-state index in [4.69, 9.17) is 5.11 Å². The van der Waals surface area contributed by atoms with Crippen LogP contribution in [0, 0.1) is 11.3 Å². The third kappa shape index (κ3) is 2.24. The van der Waals surface area contributed by atoms with E-state index in [1.807, 2.05) is 19.9 Å². The molecule has 2 atom stereocenters. The molecule has 3 nitrogen and oxygen atoms in total. The molecule has 18 heavy (non-hydrogen) atoms. The van der Waals surface area contributed by atoms with Crippen LogP contribution in [0.2, 0.25) is 0 Å². The zero-order valence-corrected chi connectivity index (χ0v) is 11.4. The molecule has 0 spiro atoms. The van der Waals surface area contributed by atoms with Crippen LogP contribution in [0.3, 0.4) is 0 Å². The number of allylic oxidation sites excluding steroid dienone is 2. The molecule has 0 aromatic rings. The second-order valence-electron chi connectivity index (χ2n) is 6.41. The summed E-state index contributed by atoms with van der Waals surface area (Å²) in [5, 5.41) is 19.3. The van der Waals surface area contributed by atoms with Crippen LogP contribution >= 0.6 is 0 Å². The highest BCUT2D eigenvalue weighted by molar-refractivity contribution is 5.86. The van der Waals surface area contributed by atoms with Crippen LogP contribution in [-0.2, 0) is 4.79 Å². The maximum Gasteiger partial charge on any atom is 0.331 e. The number of hydrogen-bond acceptors (Lipinski definition) is 2. The predicted molar refractivity (Wildman–Crippen MR) is 70.2 cm³/mol. The number of hydrogen-bond donors (Lipinski definition) is 2. The van der Waals surface area contributed by atoms with Gasteiger partial charge in [0.05, 0.1) is 5.60 Å². The average Bonchev–Trinajstić information content (AvgIpc) is 2.46. The Hall–Kier alpha value is -1.09. The van der Waals surface area contributed by atoms with Crippen LogP contribution in [0.1, 0.15) is 46.5 Å². The van der Waals surface area contributed by atoms with Crippen LogP contribution in [0.25, 0.3) is 0 Å². The first-order valence-electron chi connectivity index (χ1n) is 6.59. The minimum atomic E-state index is -0.799. The molecule has 2 aliphatic carbocycles. The Morgan fingerprint density at radius 1 is 1.39 bits per heavy atom. The second kappa shape index (κ2) is 4.23. The molecule has 0 amide bonds. The van der Waals surface area contributed by atoms with Gasteiger partial charge in [0.2, 0.25) is 0 Å². The highest BCUT2D eigenvalue weighted by Gasteiger charge is 2.44. The van der Waals surface area contributed by atoms with Crippen LogP contribution in [0.4, 0.5) is 0 Å². The van der Waals surface area contributed by atoms with Crippen LogP contribution in [0.15, 0.2) is 23.3 Å². The minimum absolute atomic E-state index is 0.0759. The molecule has 100 valence electrons. The van der Waals surface area contributed by atoms with Crippen molar-refractivity contribution in [2.24, 2.45) is 11.3 Å². The fraction of sp³-hybridized carbons (Fsp3) is 0.667. The lowest BCUT2D eigenvalue weighted by Crippen LogP contribution is -2.31. The third-order valence-corrected chi connectivity index (χ3v) is 4.50. The monoisotopic (exact) mass is 250 g/mol. The quantitative estimate of drug-likeness (QED) is 0.741. The van der Waals surface area contributed by atoms with Gasteiger partial charge in [-0.3, -0.25) is 0 Å². The molecule has 0 bridgehead atoms. The highest BCUT2D eigenvalue weighted by Crippen LogP contribution is 2.52. The van der Waals surface area contributed by atoms with Gasteiger partial charge in [0.1, 0.15) is 0 Å². The van der Waals surface area contributed by atoms with Crippen molar-refractivity contribution in [2.45, 2.75) is 52.1 Å². The number of fused-ring (bicyclic) bond motifs is 1. The van der Waals surface area contributed by atoms with Gasteiger partial charge in [0.25, 0.3) is 0 Å². The molecule has 2 N–H and O–H groups in total. The van der Waals surface area contributed by atoms with E-state index >= 15 is 0 Å². The molecule has 0 unspecified atom stereocenters. The number of aliphatic carboxylic acids is 1. The van der Waals surface area contributed by atoms with Crippen molar-refractivity contribution in [1.29, 1.82) is 0 Å². The maximum absolute atomic E-state index is 11.1. The molecular weight excluding hydrogens is 228 g/mol. The third-order valence-electron chi connectivity index (χ3n) is 4.50. The molecule has 3 heteroatoms. The topological polar surface area (TPSA) is 57.5 Å². The first-order valence-corrected chi connectivity index (χ1v) is 6.59. The lowest BCUT2D eigenvalue weighted by molar-refractivity contribution is -0.132. The molecule has 2 aliphatic rings. The van der Waals surface area contributed by atoms with Crippen molar-refractivity contribution in [1.82, 2.24) is 0 Å². The molecule has 0 aromatic heterocycles. The summed E-state index contributed by atoms with van der Waals surface area (Å²) in [5.41, 5.74) is 0.897. The molecule has 0 fully saturated rings. The number of carbonyl (C=O) groups is 1. The number of rotatable bonds is 2. The first kappa shape index (κ1) is 13.3. The Bertz CT molecular complexity index is 426. The number of carboxylic acids is 1. The predicted octanol–water partition coefficient (Wildman–Crippen LogP) is 2.90. The van der Waals surface area contributed by atoms with E-state index in [1.165, 1.54) is 0 Å². The van der Waals surface area contributed by atoms with Crippen LogP contribution in [0.5, 0.6) is 0 Å². The van der Waals surface area contributed by atoms with E-state index in [0.29, 0.717) is 17.9 Å². The summed E-state index contributed by atoms with van der Waals surface area (Å²) in [7, 11) is 0.